The summed E-state index contributed by atoms with van der Waals surface area (Å²) in [4.78, 5) is 34.1. The fourth-order valence-corrected chi connectivity index (χ4v) is 2.51. The summed E-state index contributed by atoms with van der Waals surface area (Å²) in [7, 11) is 0. The van der Waals surface area contributed by atoms with Gasteiger partial charge in [-0.05, 0) is 38.0 Å². The molecular formula is C18H21NO6. The molecule has 2 N–H and O–H groups in total. The molecule has 0 saturated carbocycles. The van der Waals surface area contributed by atoms with Crippen molar-refractivity contribution in [3.05, 3.63) is 39.7 Å². The van der Waals surface area contributed by atoms with Crippen molar-refractivity contribution >= 4 is 22.8 Å². The number of nitrogens with one attached hydrogen (secondary N) is 1. The minimum Gasteiger partial charge on any atom is -0.481 e. The fourth-order valence-electron chi connectivity index (χ4n) is 2.51. The Kier molecular flexibility index (Phi) is 5.80. The fraction of sp³-hybridized carbons (Fsp3) is 0.389. The second-order valence-corrected chi connectivity index (χ2v) is 5.70. The van der Waals surface area contributed by atoms with Gasteiger partial charge in [0.05, 0.1) is 6.42 Å². The number of carbonyl (C=O) groups is 2. The maximum Gasteiger partial charge on any atom is 0.336 e. The van der Waals surface area contributed by atoms with Crippen molar-refractivity contribution in [3.63, 3.8) is 0 Å². The largest absolute Gasteiger partial charge is 0.481 e. The van der Waals surface area contributed by atoms with Crippen LogP contribution in [0.1, 0.15) is 31.4 Å². The lowest BCUT2D eigenvalue weighted by molar-refractivity contribution is -0.137. The smallest absolute Gasteiger partial charge is 0.336 e. The molecule has 134 valence electrons. The third kappa shape index (κ3) is 4.37. The SMILES string of the molecule is CCc1cc(=O)oc2c(C)c(OC(C)C(=O)NCCC(=O)O)ccc12. The lowest BCUT2D eigenvalue weighted by atomic mass is 10.0. The summed E-state index contributed by atoms with van der Waals surface area (Å²) in [6, 6.07) is 5.01. The van der Waals surface area contributed by atoms with Crippen molar-refractivity contribution in [2.24, 2.45) is 0 Å². The molecule has 2 rings (SSSR count). The monoisotopic (exact) mass is 347 g/mol. The van der Waals surface area contributed by atoms with Gasteiger partial charge in [-0.1, -0.05) is 6.92 Å². The number of aliphatic carboxylic acids is 1. The van der Waals surface area contributed by atoms with Gasteiger partial charge in [-0.25, -0.2) is 4.79 Å². The zero-order chi connectivity index (χ0) is 18.6. The first-order chi connectivity index (χ1) is 11.8. The van der Waals surface area contributed by atoms with E-state index in [-0.39, 0.29) is 13.0 Å². The predicted molar refractivity (Wildman–Crippen MR) is 92.0 cm³/mol. The van der Waals surface area contributed by atoms with Gasteiger partial charge in [0.2, 0.25) is 0 Å². The van der Waals surface area contributed by atoms with Gasteiger partial charge in [-0.2, -0.15) is 0 Å². The van der Waals surface area contributed by atoms with E-state index in [1.807, 2.05) is 6.92 Å². The van der Waals surface area contributed by atoms with Crippen LogP contribution in [0.3, 0.4) is 0 Å². The van der Waals surface area contributed by atoms with Gasteiger partial charge in [0.15, 0.2) is 6.10 Å². The standard InChI is InChI=1S/C18H21NO6/c1-4-12-9-16(22)25-17-10(2)14(6-5-13(12)17)24-11(3)18(23)19-8-7-15(20)21/h5-6,9,11H,4,7-8H2,1-3H3,(H,19,23)(H,20,21). The Morgan fingerprint density at radius 1 is 1.36 bits per heavy atom. The van der Waals surface area contributed by atoms with Gasteiger partial charge in [0.25, 0.3) is 5.91 Å². The van der Waals surface area contributed by atoms with Crippen LogP contribution < -0.4 is 15.7 Å². The van der Waals surface area contributed by atoms with Crippen LogP contribution in [-0.2, 0) is 16.0 Å². The number of rotatable bonds is 7. The highest BCUT2D eigenvalue weighted by atomic mass is 16.5. The number of amides is 1. The number of benzene rings is 1. The number of fused-ring (bicyclic) bond motifs is 1. The zero-order valence-electron chi connectivity index (χ0n) is 14.4. The Bertz CT molecular complexity index is 855. The number of hydrogen-bond donors (Lipinski definition) is 2. The Morgan fingerprint density at radius 3 is 2.72 bits per heavy atom. The Morgan fingerprint density at radius 2 is 2.08 bits per heavy atom. The molecule has 1 aromatic carbocycles. The molecule has 1 unspecified atom stereocenters. The normalized spacial score (nSPS) is 12.0. The second kappa shape index (κ2) is 7.83. The quantitative estimate of drug-likeness (QED) is 0.742. The summed E-state index contributed by atoms with van der Waals surface area (Å²) in [5.74, 6) is -0.963. The van der Waals surface area contributed by atoms with Crippen LogP contribution in [0.5, 0.6) is 5.75 Å². The van der Waals surface area contributed by atoms with Crippen LogP contribution in [0.2, 0.25) is 0 Å². The number of carboxylic acid groups (broad SMARTS) is 1. The minimum atomic E-state index is -0.985. The van der Waals surface area contributed by atoms with E-state index in [1.54, 1.807) is 26.0 Å². The van der Waals surface area contributed by atoms with Crippen molar-refractivity contribution in [2.45, 2.75) is 39.7 Å². The molecule has 0 aliphatic heterocycles. The van der Waals surface area contributed by atoms with Crippen molar-refractivity contribution in [1.82, 2.24) is 5.32 Å². The van der Waals surface area contributed by atoms with Gasteiger partial charge < -0.3 is 19.6 Å². The summed E-state index contributed by atoms with van der Waals surface area (Å²) >= 11 is 0. The maximum absolute atomic E-state index is 12.0. The lowest BCUT2D eigenvalue weighted by Crippen LogP contribution is -2.37. The average molecular weight is 347 g/mol. The van der Waals surface area contributed by atoms with E-state index in [2.05, 4.69) is 5.32 Å². The highest BCUT2D eigenvalue weighted by Crippen LogP contribution is 2.29. The van der Waals surface area contributed by atoms with E-state index in [9.17, 15) is 14.4 Å². The summed E-state index contributed by atoms with van der Waals surface area (Å²) in [5.41, 5.74) is 1.54. The van der Waals surface area contributed by atoms with Crippen molar-refractivity contribution in [1.29, 1.82) is 0 Å². The Labute approximate surface area is 144 Å². The maximum atomic E-state index is 12.0. The molecule has 0 radical (unpaired) electrons. The van der Waals surface area contributed by atoms with E-state index < -0.39 is 23.6 Å². The third-order valence-electron chi connectivity index (χ3n) is 3.89. The molecule has 1 aromatic heterocycles. The number of ether oxygens (including phenoxy) is 1. The summed E-state index contributed by atoms with van der Waals surface area (Å²) in [6.07, 6.45) is -0.270. The van der Waals surface area contributed by atoms with Gasteiger partial charge in [0.1, 0.15) is 11.3 Å². The van der Waals surface area contributed by atoms with Crippen LogP contribution in [0.4, 0.5) is 0 Å². The van der Waals surface area contributed by atoms with Gasteiger partial charge in [-0.3, -0.25) is 9.59 Å². The molecule has 1 atom stereocenters. The van der Waals surface area contributed by atoms with Crippen molar-refractivity contribution in [2.75, 3.05) is 6.54 Å². The number of hydrogen-bond acceptors (Lipinski definition) is 5. The molecule has 0 fully saturated rings. The summed E-state index contributed by atoms with van der Waals surface area (Å²) in [5, 5.41) is 11.9. The number of aryl methyl sites for hydroxylation is 2. The molecule has 0 aliphatic carbocycles. The van der Waals surface area contributed by atoms with Crippen molar-refractivity contribution < 1.29 is 23.8 Å². The molecule has 0 spiro atoms. The molecule has 1 amide bonds. The molecular weight excluding hydrogens is 326 g/mol. The van der Waals surface area contributed by atoms with E-state index in [0.717, 1.165) is 10.9 Å². The van der Waals surface area contributed by atoms with Crippen molar-refractivity contribution in [3.8, 4) is 5.75 Å². The Balaban J connectivity index is 2.21. The molecule has 7 nitrogen and oxygen atoms in total. The molecule has 0 saturated heterocycles. The molecule has 1 heterocycles. The molecule has 0 bridgehead atoms. The predicted octanol–water partition coefficient (Wildman–Crippen LogP) is 2.02. The van der Waals surface area contributed by atoms with Gasteiger partial charge in [-0.15, -0.1) is 0 Å². The molecule has 7 heteroatoms. The van der Waals surface area contributed by atoms with Gasteiger partial charge in [0, 0.05) is 23.6 Å². The van der Waals surface area contributed by atoms with Crippen LogP contribution >= 0.6 is 0 Å². The van der Waals surface area contributed by atoms with E-state index >= 15 is 0 Å². The highest BCUT2D eigenvalue weighted by molar-refractivity contribution is 5.85. The van der Waals surface area contributed by atoms with Crippen LogP contribution in [0, 0.1) is 6.92 Å². The highest BCUT2D eigenvalue weighted by Gasteiger charge is 2.18. The van der Waals surface area contributed by atoms with Crippen LogP contribution in [0.25, 0.3) is 11.0 Å². The van der Waals surface area contributed by atoms with E-state index in [4.69, 9.17) is 14.3 Å². The van der Waals surface area contributed by atoms with Crippen LogP contribution in [-0.4, -0.2) is 29.6 Å². The topological polar surface area (TPSA) is 106 Å². The number of carboxylic acids is 1. The summed E-state index contributed by atoms with van der Waals surface area (Å²) < 4.78 is 11.0. The Hall–Kier alpha value is -2.83. The minimum absolute atomic E-state index is 0.0350. The number of carbonyl (C=O) groups excluding carboxylic acids is 1. The van der Waals surface area contributed by atoms with Gasteiger partial charge >= 0.3 is 11.6 Å². The first-order valence-corrected chi connectivity index (χ1v) is 8.06. The molecule has 25 heavy (non-hydrogen) atoms. The summed E-state index contributed by atoms with van der Waals surface area (Å²) in [6.45, 7) is 5.32. The average Bonchev–Trinajstić information content (AvgIpc) is 2.56. The van der Waals surface area contributed by atoms with E-state index in [1.165, 1.54) is 6.07 Å². The molecule has 0 aliphatic rings. The second-order valence-electron chi connectivity index (χ2n) is 5.70. The van der Waals surface area contributed by atoms with E-state index in [0.29, 0.717) is 23.3 Å². The molecule has 2 aromatic rings. The third-order valence-corrected chi connectivity index (χ3v) is 3.89. The zero-order valence-corrected chi connectivity index (χ0v) is 14.4. The van der Waals surface area contributed by atoms with Crippen LogP contribution in [0.15, 0.2) is 27.4 Å². The first-order valence-electron chi connectivity index (χ1n) is 8.06. The first kappa shape index (κ1) is 18.5. The lowest BCUT2D eigenvalue weighted by Gasteiger charge is -2.17.